The van der Waals surface area contributed by atoms with Crippen molar-refractivity contribution in [2.75, 3.05) is 0 Å². The van der Waals surface area contributed by atoms with E-state index in [4.69, 9.17) is 81.3 Å². The number of nitrogens with zero attached hydrogens (tertiary/aromatic N) is 19. The lowest BCUT2D eigenvalue weighted by atomic mass is 9.98. The van der Waals surface area contributed by atoms with Crippen molar-refractivity contribution in [3.05, 3.63) is 423 Å². The average molecular weight is 1690 g/mol. The highest BCUT2D eigenvalue weighted by atomic mass is 15.1. The lowest BCUT2D eigenvalue weighted by molar-refractivity contribution is 1.07. The molecular weight excluding hydrogens is 1620 g/mol. The van der Waals surface area contributed by atoms with Crippen LogP contribution >= 0.6 is 0 Å². The van der Waals surface area contributed by atoms with Gasteiger partial charge in [-0.2, -0.15) is 5.26 Å². The Labute approximate surface area is 756 Å². The van der Waals surface area contributed by atoms with Gasteiger partial charge in [-0.05, 0) is 120 Å². The fourth-order valence-corrected chi connectivity index (χ4v) is 17.1. The first-order chi connectivity index (χ1) is 65.3. The van der Waals surface area contributed by atoms with E-state index in [1.165, 1.54) is 0 Å². The highest BCUT2D eigenvalue weighted by Gasteiger charge is 2.27. The molecule has 0 aliphatic heterocycles. The molecule has 16 aromatic carbocycles. The second kappa shape index (κ2) is 33.6. The van der Waals surface area contributed by atoms with E-state index in [-0.39, 0.29) is 0 Å². The summed E-state index contributed by atoms with van der Waals surface area (Å²) in [4.78, 5) is 82.1. The van der Waals surface area contributed by atoms with E-state index in [1.54, 1.807) is 0 Å². The highest BCUT2D eigenvalue weighted by Crippen LogP contribution is 2.46. The fourth-order valence-electron chi connectivity index (χ4n) is 17.1. The van der Waals surface area contributed by atoms with E-state index in [0.29, 0.717) is 121 Å². The number of aromatic nitrogens is 17. The first kappa shape index (κ1) is 77.9. The molecule has 23 rings (SSSR count). The molecule has 0 fully saturated rings. The van der Waals surface area contributed by atoms with Crippen molar-refractivity contribution in [1.82, 2.24) is 83.9 Å². The first-order valence-electron chi connectivity index (χ1n) is 42.9. The van der Waals surface area contributed by atoms with Gasteiger partial charge in [0.05, 0.1) is 45.6 Å². The number of rotatable bonds is 18. The minimum Gasteiger partial charge on any atom is -0.309 e. The Bertz CT molecular complexity index is 7910. The van der Waals surface area contributed by atoms with Gasteiger partial charge in [0, 0.05) is 105 Å². The third kappa shape index (κ3) is 14.8. The summed E-state index contributed by atoms with van der Waals surface area (Å²) >= 11 is 0. The van der Waals surface area contributed by atoms with Crippen LogP contribution in [0.2, 0.25) is 0 Å². The Hall–Kier alpha value is -18.9. The minimum absolute atomic E-state index is 0.318. The monoisotopic (exact) mass is 1690 g/mol. The van der Waals surface area contributed by atoms with E-state index in [0.717, 1.165) is 127 Å². The SMILES string of the molecule is [C-]#[N+]c1ccccc1-c1cc(-c2nc(-c3ccccc3)nc(-c3ccc(-n4c5ccc(-c6nc(-c7ccccc7)nc(-c7ccccc7)n6)cc5c5cc(-c6nc(-c7ccccc7)nc(-c7ccccc7)n6)ccc54)c(C#N)c3)n2)ccc1-n1c2ccc(-c3nc(-c4ccccc4)nc(-c4ccccc4)n3)cc2c2cc(-c3nc(-c4ccccc4)nc(-c4ccccc4)n3)ccc21. The fraction of sp³-hybridized carbons (Fsp3) is 0. The number of hydrogen-bond donors (Lipinski definition) is 0. The van der Waals surface area contributed by atoms with E-state index in [1.807, 2.05) is 334 Å². The summed E-state index contributed by atoms with van der Waals surface area (Å²) < 4.78 is 4.38. The maximum absolute atomic E-state index is 11.8. The van der Waals surface area contributed by atoms with Gasteiger partial charge in [-0.3, -0.25) is 0 Å². The van der Waals surface area contributed by atoms with Gasteiger partial charge in [0.2, 0.25) is 0 Å². The normalized spacial score (nSPS) is 11.3. The molecule has 614 valence electrons. The minimum atomic E-state index is 0.318. The third-order valence-corrected chi connectivity index (χ3v) is 23.5. The molecule has 0 spiro atoms. The van der Waals surface area contributed by atoms with Gasteiger partial charge in [0.15, 0.2) is 93.1 Å². The van der Waals surface area contributed by atoms with Crippen molar-refractivity contribution in [2.24, 2.45) is 0 Å². The maximum atomic E-state index is 11.8. The zero-order valence-electron chi connectivity index (χ0n) is 70.2. The number of fused-ring (bicyclic) bond motifs is 6. The Morgan fingerprint density at radius 1 is 0.189 bits per heavy atom. The Balaban J connectivity index is 0.693. The first-order valence-corrected chi connectivity index (χ1v) is 42.9. The van der Waals surface area contributed by atoms with Crippen LogP contribution in [0, 0.1) is 17.9 Å². The summed E-state index contributed by atoms with van der Waals surface area (Å²) in [6, 6.07) is 137. The predicted octanol–water partition coefficient (Wildman–Crippen LogP) is 25.9. The zero-order chi connectivity index (χ0) is 88.0. The maximum Gasteiger partial charge on any atom is 0.194 e. The largest absolute Gasteiger partial charge is 0.309 e. The molecule has 23 aromatic rings. The summed E-state index contributed by atoms with van der Waals surface area (Å²) in [5.41, 5.74) is 18.5. The predicted molar refractivity (Wildman–Crippen MR) is 520 cm³/mol. The molecule has 0 unspecified atom stereocenters. The average Bonchev–Trinajstić information content (AvgIpc) is 1.57. The molecule has 0 N–H and O–H groups in total. The van der Waals surface area contributed by atoms with Crippen LogP contribution in [0.15, 0.2) is 406 Å². The molecule has 19 nitrogen and oxygen atoms in total. The summed E-state index contributed by atoms with van der Waals surface area (Å²) in [5.74, 6) is 7.22. The highest BCUT2D eigenvalue weighted by molar-refractivity contribution is 6.14. The quantitative estimate of drug-likeness (QED) is 0.0727. The second-order valence-electron chi connectivity index (χ2n) is 31.6. The molecule has 0 aliphatic carbocycles. The summed E-state index contributed by atoms with van der Waals surface area (Å²) in [6.07, 6.45) is 0. The van der Waals surface area contributed by atoms with Crippen LogP contribution in [0.5, 0.6) is 0 Å². The summed E-state index contributed by atoms with van der Waals surface area (Å²) in [5, 5.41) is 15.3. The van der Waals surface area contributed by atoms with E-state index in [2.05, 4.69) is 92.8 Å². The van der Waals surface area contributed by atoms with Crippen molar-refractivity contribution >= 4 is 49.3 Å². The van der Waals surface area contributed by atoms with Crippen LogP contribution in [-0.4, -0.2) is 83.9 Å². The van der Waals surface area contributed by atoms with Gasteiger partial charge in [-0.15, -0.1) is 0 Å². The molecule has 0 amide bonds. The molecule has 132 heavy (non-hydrogen) atoms. The Morgan fingerprint density at radius 3 is 0.629 bits per heavy atom. The van der Waals surface area contributed by atoms with Crippen LogP contribution in [0.1, 0.15) is 5.56 Å². The lowest BCUT2D eigenvalue weighted by Gasteiger charge is -2.17. The molecule has 0 atom stereocenters. The van der Waals surface area contributed by atoms with Gasteiger partial charge in [-0.25, -0.2) is 79.6 Å². The molecule has 0 aliphatic rings. The zero-order valence-corrected chi connectivity index (χ0v) is 70.2. The number of nitriles is 1. The summed E-state index contributed by atoms with van der Waals surface area (Å²) in [7, 11) is 0. The molecule has 0 bridgehead atoms. The molecule has 0 saturated heterocycles. The number of para-hydroxylation sites is 1. The van der Waals surface area contributed by atoms with E-state index >= 15 is 0 Å². The topological polar surface area (TPSA) is 231 Å². The summed E-state index contributed by atoms with van der Waals surface area (Å²) in [6.45, 7) is 8.79. The van der Waals surface area contributed by atoms with E-state index in [9.17, 15) is 5.26 Å². The van der Waals surface area contributed by atoms with Crippen LogP contribution in [0.25, 0.3) is 242 Å². The molecule has 0 radical (unpaired) electrons. The molecule has 19 heteroatoms. The van der Waals surface area contributed by atoms with Crippen LogP contribution in [0.4, 0.5) is 5.69 Å². The molecule has 7 aromatic heterocycles. The van der Waals surface area contributed by atoms with Crippen LogP contribution in [-0.2, 0) is 0 Å². The number of benzene rings is 16. The third-order valence-electron chi connectivity index (χ3n) is 23.5. The van der Waals surface area contributed by atoms with Crippen LogP contribution < -0.4 is 0 Å². The van der Waals surface area contributed by atoms with E-state index < -0.39 is 0 Å². The van der Waals surface area contributed by atoms with Crippen molar-refractivity contribution in [3.63, 3.8) is 0 Å². The second-order valence-corrected chi connectivity index (χ2v) is 31.6. The smallest absolute Gasteiger partial charge is 0.194 e. The standard InChI is InChI=1S/C113H67N19/c1-115-92-50-30-29-49-86(92)87-64-80(52-58-94(87)132-97-61-55-83(111-125-103(74-39-19-6-20-40-74)118-104(126-111)75-41-21-7-22-42-75)67-90(97)91-68-84(56-62-98(91)132)112-127-105(76-43-23-8-24-44-76)119-106(128-112)77-45-25-9-26-46-77)113-129-107(78-47-27-10-28-48-78)120-108(130-113)79-51-57-93(85(63-79)69-114)131-95-59-53-81(109-121-99(70-31-11-2-12-32-70)116-100(122-109)71-33-13-3-14-34-71)65-88(95)89-66-82(54-60-96(89)131)110-123-101(72-35-15-4-16-36-72)117-102(124-110)73-37-17-5-18-38-73/h2-68H. The number of hydrogen-bond acceptors (Lipinski definition) is 16. The van der Waals surface area contributed by atoms with Gasteiger partial charge in [-0.1, -0.05) is 297 Å². The molecule has 7 heterocycles. The van der Waals surface area contributed by atoms with Crippen molar-refractivity contribution in [3.8, 4) is 199 Å². The Kier molecular flexibility index (Phi) is 19.8. The van der Waals surface area contributed by atoms with Crippen molar-refractivity contribution < 1.29 is 0 Å². The lowest BCUT2D eigenvalue weighted by Crippen LogP contribution is -2.03. The van der Waals surface area contributed by atoms with Gasteiger partial charge >= 0.3 is 0 Å². The van der Waals surface area contributed by atoms with Crippen LogP contribution in [0.3, 0.4) is 0 Å². The van der Waals surface area contributed by atoms with Gasteiger partial charge < -0.3 is 9.13 Å². The van der Waals surface area contributed by atoms with Gasteiger partial charge in [0.25, 0.3) is 0 Å². The Morgan fingerprint density at radius 2 is 0.386 bits per heavy atom. The molecule has 0 saturated carbocycles. The van der Waals surface area contributed by atoms with Gasteiger partial charge in [0.1, 0.15) is 6.07 Å². The van der Waals surface area contributed by atoms with Crippen molar-refractivity contribution in [2.45, 2.75) is 0 Å². The molecular formula is C113H67N19. The van der Waals surface area contributed by atoms with Crippen molar-refractivity contribution in [1.29, 1.82) is 5.26 Å².